The first-order valence-electron chi connectivity index (χ1n) is 9.37. The van der Waals surface area contributed by atoms with E-state index in [1.165, 1.54) is 32.7 Å². The fraction of sp³-hybridized carbons (Fsp3) is 0.300. The van der Waals surface area contributed by atoms with E-state index in [2.05, 4.69) is 16.4 Å². The maximum Gasteiger partial charge on any atom is 0.244 e. The lowest BCUT2D eigenvalue weighted by molar-refractivity contribution is -0.119. The van der Waals surface area contributed by atoms with Crippen LogP contribution < -0.4 is 5.32 Å². The highest BCUT2D eigenvalue weighted by Gasteiger charge is 2.39. The van der Waals surface area contributed by atoms with Crippen LogP contribution in [0.15, 0.2) is 40.6 Å². The Kier molecular flexibility index (Phi) is 5.75. The largest absolute Gasteiger partial charge is 0.301 e. The van der Waals surface area contributed by atoms with Crippen LogP contribution in [0.3, 0.4) is 0 Å². The zero-order chi connectivity index (χ0) is 21.5. The summed E-state index contributed by atoms with van der Waals surface area (Å²) in [5.41, 5.74) is 1.83. The minimum atomic E-state index is -3.89. The molecule has 1 aliphatic rings. The lowest BCUT2D eigenvalue weighted by Crippen LogP contribution is -2.43. The van der Waals surface area contributed by atoms with E-state index in [1.54, 1.807) is 11.3 Å². The van der Waals surface area contributed by atoms with Crippen molar-refractivity contribution < 1.29 is 17.6 Å². The topological polar surface area (TPSA) is 79.4 Å². The number of amides is 1. The molecule has 158 valence electrons. The summed E-state index contributed by atoms with van der Waals surface area (Å²) in [4.78, 5) is 19.7. The fourth-order valence-electron chi connectivity index (χ4n) is 3.56. The summed E-state index contributed by atoms with van der Waals surface area (Å²) < 4.78 is 40.3. The van der Waals surface area contributed by atoms with E-state index < -0.39 is 27.8 Å². The van der Waals surface area contributed by atoms with Crippen LogP contribution in [-0.4, -0.2) is 36.2 Å². The van der Waals surface area contributed by atoms with Crippen LogP contribution >= 0.6 is 22.7 Å². The van der Waals surface area contributed by atoms with E-state index in [0.717, 1.165) is 28.3 Å². The van der Waals surface area contributed by atoms with Gasteiger partial charge >= 0.3 is 0 Å². The maximum absolute atomic E-state index is 13.2. The molecule has 2 aromatic heterocycles. The van der Waals surface area contributed by atoms with Crippen molar-refractivity contribution in [3.05, 3.63) is 51.3 Å². The summed E-state index contributed by atoms with van der Waals surface area (Å²) >= 11 is 3.00. The second kappa shape index (κ2) is 8.18. The SMILES string of the molecule is Cc1cc(-c2csc(NC(=O)C3CCCN3S(=O)(=O)c3ccc(F)cc3)n2)c(C)s1. The zero-order valence-corrected chi connectivity index (χ0v) is 18.8. The Labute approximate surface area is 182 Å². The summed E-state index contributed by atoms with van der Waals surface area (Å²) in [7, 11) is -3.89. The zero-order valence-electron chi connectivity index (χ0n) is 16.4. The Morgan fingerprint density at radius 3 is 2.67 bits per heavy atom. The van der Waals surface area contributed by atoms with Crippen molar-refractivity contribution in [3.63, 3.8) is 0 Å². The lowest BCUT2D eigenvalue weighted by Gasteiger charge is -2.23. The van der Waals surface area contributed by atoms with Crippen LogP contribution in [0, 0.1) is 19.7 Å². The number of thiazole rings is 1. The number of halogens is 1. The summed E-state index contributed by atoms with van der Waals surface area (Å²) in [6.07, 6.45) is 1.00. The number of hydrogen-bond donors (Lipinski definition) is 1. The number of anilines is 1. The monoisotopic (exact) mass is 465 g/mol. The van der Waals surface area contributed by atoms with Crippen molar-refractivity contribution in [3.8, 4) is 11.3 Å². The van der Waals surface area contributed by atoms with Gasteiger partial charge < -0.3 is 5.32 Å². The fourth-order valence-corrected chi connectivity index (χ4v) is 6.86. The molecule has 0 saturated carbocycles. The first-order chi connectivity index (χ1) is 14.3. The molecule has 0 spiro atoms. The maximum atomic E-state index is 13.2. The van der Waals surface area contributed by atoms with Crippen molar-refractivity contribution in [1.82, 2.24) is 9.29 Å². The minimum absolute atomic E-state index is 0.0246. The lowest BCUT2D eigenvalue weighted by atomic mass is 10.2. The van der Waals surface area contributed by atoms with Gasteiger partial charge in [-0.2, -0.15) is 4.31 Å². The van der Waals surface area contributed by atoms with Crippen LogP contribution in [0.25, 0.3) is 11.3 Å². The summed E-state index contributed by atoms with van der Waals surface area (Å²) in [5, 5.41) is 5.08. The first-order valence-corrected chi connectivity index (χ1v) is 12.5. The summed E-state index contributed by atoms with van der Waals surface area (Å²) in [6, 6.07) is 5.88. The molecular weight excluding hydrogens is 445 g/mol. The van der Waals surface area contributed by atoms with E-state index in [-0.39, 0.29) is 11.4 Å². The molecule has 6 nitrogen and oxygen atoms in total. The molecule has 1 saturated heterocycles. The molecule has 3 aromatic rings. The van der Waals surface area contributed by atoms with Crippen molar-refractivity contribution >= 4 is 43.7 Å². The van der Waals surface area contributed by atoms with Crippen molar-refractivity contribution in [2.24, 2.45) is 0 Å². The van der Waals surface area contributed by atoms with Crippen LogP contribution in [0.5, 0.6) is 0 Å². The Morgan fingerprint density at radius 2 is 2.00 bits per heavy atom. The van der Waals surface area contributed by atoms with Crippen LogP contribution in [0.2, 0.25) is 0 Å². The van der Waals surface area contributed by atoms with E-state index in [4.69, 9.17) is 0 Å². The van der Waals surface area contributed by atoms with Gasteiger partial charge in [0.25, 0.3) is 0 Å². The molecule has 0 aliphatic carbocycles. The number of aromatic nitrogens is 1. The van der Waals surface area contributed by atoms with Crippen LogP contribution in [-0.2, 0) is 14.8 Å². The molecule has 1 fully saturated rings. The number of carbonyl (C=O) groups excluding carboxylic acids is 1. The third kappa shape index (κ3) is 4.04. The highest BCUT2D eigenvalue weighted by Crippen LogP contribution is 2.33. The smallest absolute Gasteiger partial charge is 0.244 e. The van der Waals surface area contributed by atoms with E-state index in [0.29, 0.717) is 18.0 Å². The summed E-state index contributed by atoms with van der Waals surface area (Å²) in [5.74, 6) is -0.919. The standard InChI is InChI=1S/C20H20FN3O3S3/c1-12-10-16(13(2)29-12)17-11-28-20(22-17)23-19(25)18-4-3-9-24(18)30(26,27)15-7-5-14(21)6-8-15/h5-8,10-11,18H,3-4,9H2,1-2H3,(H,22,23,25). The molecule has 4 rings (SSSR count). The van der Waals surface area contributed by atoms with Gasteiger partial charge in [-0.05, 0) is 57.0 Å². The molecule has 0 bridgehead atoms. The molecule has 3 heterocycles. The molecule has 10 heteroatoms. The van der Waals surface area contributed by atoms with E-state index in [1.807, 2.05) is 19.2 Å². The van der Waals surface area contributed by atoms with Gasteiger partial charge in [0, 0.05) is 27.2 Å². The average Bonchev–Trinajstić information content (AvgIpc) is 3.42. The number of aryl methyl sites for hydroxylation is 2. The molecule has 0 radical (unpaired) electrons. The molecule has 1 atom stereocenters. The third-order valence-corrected chi connectivity index (χ3v) is 8.62. The quantitative estimate of drug-likeness (QED) is 0.605. The van der Waals surface area contributed by atoms with Gasteiger partial charge in [0.1, 0.15) is 11.9 Å². The number of nitrogens with zero attached hydrogens (tertiary/aromatic N) is 2. The Hall–Kier alpha value is -2.14. The van der Waals surface area contributed by atoms with Crippen LogP contribution in [0.1, 0.15) is 22.6 Å². The number of sulfonamides is 1. The minimum Gasteiger partial charge on any atom is -0.301 e. The predicted octanol–water partition coefficient (Wildman–Crippen LogP) is 4.42. The van der Waals surface area contributed by atoms with E-state index in [9.17, 15) is 17.6 Å². The number of carbonyl (C=O) groups is 1. The molecule has 1 unspecified atom stereocenters. The number of rotatable bonds is 5. The van der Waals surface area contributed by atoms with Gasteiger partial charge in [0.15, 0.2) is 5.13 Å². The van der Waals surface area contributed by atoms with Crippen molar-refractivity contribution in [2.75, 3.05) is 11.9 Å². The van der Waals surface area contributed by atoms with Gasteiger partial charge in [0.2, 0.25) is 15.9 Å². The molecule has 1 aromatic carbocycles. The van der Waals surface area contributed by atoms with Crippen LogP contribution in [0.4, 0.5) is 9.52 Å². The highest BCUT2D eigenvalue weighted by atomic mass is 32.2. The molecule has 30 heavy (non-hydrogen) atoms. The third-order valence-electron chi connectivity index (χ3n) is 4.98. The Balaban J connectivity index is 1.52. The van der Waals surface area contributed by atoms with Gasteiger partial charge in [-0.3, -0.25) is 4.79 Å². The Morgan fingerprint density at radius 1 is 1.27 bits per heavy atom. The van der Waals surface area contributed by atoms with E-state index >= 15 is 0 Å². The summed E-state index contributed by atoms with van der Waals surface area (Å²) in [6.45, 7) is 4.31. The number of nitrogens with one attached hydrogen (secondary N) is 1. The van der Waals surface area contributed by atoms with Crippen molar-refractivity contribution in [2.45, 2.75) is 37.6 Å². The second-order valence-electron chi connectivity index (χ2n) is 7.08. The van der Waals surface area contributed by atoms with Gasteiger partial charge in [-0.25, -0.2) is 17.8 Å². The number of benzene rings is 1. The number of hydrogen-bond acceptors (Lipinski definition) is 6. The number of thiophene rings is 1. The highest BCUT2D eigenvalue weighted by molar-refractivity contribution is 7.89. The molecular formula is C20H20FN3O3S3. The average molecular weight is 466 g/mol. The van der Waals surface area contributed by atoms with Crippen molar-refractivity contribution in [1.29, 1.82) is 0 Å². The van der Waals surface area contributed by atoms with Gasteiger partial charge in [-0.1, -0.05) is 0 Å². The molecule has 1 N–H and O–H groups in total. The molecule has 1 amide bonds. The van der Waals surface area contributed by atoms with Gasteiger partial charge in [-0.15, -0.1) is 22.7 Å². The second-order valence-corrected chi connectivity index (χ2v) is 11.3. The van der Waals surface area contributed by atoms with Gasteiger partial charge in [0.05, 0.1) is 10.6 Å². The Bertz CT molecular complexity index is 1190. The normalized spacial score (nSPS) is 17.4. The predicted molar refractivity (Wildman–Crippen MR) is 117 cm³/mol. The first kappa shape index (κ1) is 21.1. The molecule has 1 aliphatic heterocycles.